The van der Waals surface area contributed by atoms with Gasteiger partial charge in [-0.1, -0.05) is 6.92 Å². The Morgan fingerprint density at radius 3 is 2.61 bits per heavy atom. The monoisotopic (exact) mass is 249 g/mol. The summed E-state index contributed by atoms with van der Waals surface area (Å²) in [5.74, 6) is -0.415. The number of hydrogen-bond donors (Lipinski definition) is 3. The van der Waals surface area contributed by atoms with Gasteiger partial charge in [-0.2, -0.15) is 0 Å². The molecule has 0 unspecified atom stereocenters. The van der Waals surface area contributed by atoms with Gasteiger partial charge in [0, 0.05) is 6.04 Å². The highest BCUT2D eigenvalue weighted by atomic mass is 16.4. The Balaban J connectivity index is 1.85. The Bertz CT molecular complexity index is 452. The molecule has 3 N–H and O–H groups in total. The second kappa shape index (κ2) is 5.03. The van der Waals surface area contributed by atoms with Crippen molar-refractivity contribution in [1.29, 1.82) is 0 Å². The molecule has 1 saturated carbocycles. The van der Waals surface area contributed by atoms with Gasteiger partial charge in [-0.25, -0.2) is 14.6 Å². The maximum absolute atomic E-state index is 11.6. The fourth-order valence-electron chi connectivity index (χ4n) is 1.97. The Kier molecular flexibility index (Phi) is 3.45. The van der Waals surface area contributed by atoms with Crippen molar-refractivity contribution >= 4 is 17.7 Å². The third kappa shape index (κ3) is 2.97. The number of carbonyl (C=O) groups excluding carboxylic acids is 1. The van der Waals surface area contributed by atoms with E-state index in [4.69, 9.17) is 5.11 Å². The molecule has 96 valence electrons. The number of nitrogens with one attached hydrogen (secondary N) is 2. The van der Waals surface area contributed by atoms with Gasteiger partial charge in [0.25, 0.3) is 0 Å². The average molecular weight is 249 g/mol. The summed E-state index contributed by atoms with van der Waals surface area (Å²) >= 11 is 0. The third-order valence-electron chi connectivity index (χ3n) is 2.95. The van der Waals surface area contributed by atoms with Crippen molar-refractivity contribution < 1.29 is 14.7 Å². The molecule has 1 aliphatic carbocycles. The number of aromatic carboxylic acids is 1. The first kappa shape index (κ1) is 12.3. The lowest BCUT2D eigenvalue weighted by atomic mass is 9.82. The summed E-state index contributed by atoms with van der Waals surface area (Å²) < 4.78 is 0. The lowest BCUT2D eigenvalue weighted by molar-refractivity contribution is 0.0690. The van der Waals surface area contributed by atoms with Crippen molar-refractivity contribution in [2.75, 3.05) is 5.32 Å². The molecule has 18 heavy (non-hydrogen) atoms. The number of carboxylic acid groups (broad SMARTS) is 1. The standard InChI is InChI=1S/C12H15N3O3/c1-7-4-9(5-7)15-12(18)14-8-2-3-10(11(16)17)13-6-8/h2-3,6-7,9H,4-5H2,1H3,(H,16,17)(H2,14,15,18). The second-order valence-electron chi connectivity index (χ2n) is 4.61. The maximum atomic E-state index is 11.6. The van der Waals surface area contributed by atoms with Gasteiger partial charge in [0.15, 0.2) is 0 Å². The van der Waals surface area contributed by atoms with Crippen molar-refractivity contribution in [1.82, 2.24) is 10.3 Å². The average Bonchev–Trinajstić information content (AvgIpc) is 2.27. The summed E-state index contributed by atoms with van der Waals surface area (Å²) in [7, 11) is 0. The largest absolute Gasteiger partial charge is 0.477 e. The number of urea groups is 1. The van der Waals surface area contributed by atoms with E-state index in [1.54, 1.807) is 0 Å². The van der Waals surface area contributed by atoms with Crippen LogP contribution in [0.2, 0.25) is 0 Å². The predicted molar refractivity (Wildman–Crippen MR) is 65.5 cm³/mol. The topological polar surface area (TPSA) is 91.3 Å². The Hall–Kier alpha value is -2.11. The van der Waals surface area contributed by atoms with Gasteiger partial charge in [-0.15, -0.1) is 0 Å². The van der Waals surface area contributed by atoms with E-state index in [2.05, 4.69) is 22.5 Å². The minimum atomic E-state index is -1.09. The molecule has 0 spiro atoms. The van der Waals surface area contributed by atoms with Crippen LogP contribution in [0.1, 0.15) is 30.3 Å². The highest BCUT2D eigenvalue weighted by Crippen LogP contribution is 2.26. The molecule has 6 heteroatoms. The highest BCUT2D eigenvalue weighted by Gasteiger charge is 2.26. The first-order valence-corrected chi connectivity index (χ1v) is 5.81. The van der Waals surface area contributed by atoms with E-state index in [0.717, 1.165) is 12.8 Å². The molecule has 1 fully saturated rings. The number of anilines is 1. The highest BCUT2D eigenvalue weighted by molar-refractivity contribution is 5.90. The van der Waals surface area contributed by atoms with Gasteiger partial charge in [-0.3, -0.25) is 0 Å². The van der Waals surface area contributed by atoms with Gasteiger partial charge in [-0.05, 0) is 30.9 Å². The van der Waals surface area contributed by atoms with Crippen LogP contribution in [0.15, 0.2) is 18.3 Å². The second-order valence-corrected chi connectivity index (χ2v) is 4.61. The minimum absolute atomic E-state index is 0.0474. The van der Waals surface area contributed by atoms with E-state index >= 15 is 0 Å². The molecule has 6 nitrogen and oxygen atoms in total. The molecule has 1 heterocycles. The third-order valence-corrected chi connectivity index (χ3v) is 2.95. The molecule has 0 atom stereocenters. The fourth-order valence-corrected chi connectivity index (χ4v) is 1.97. The zero-order valence-corrected chi connectivity index (χ0v) is 10.0. The molecule has 2 rings (SSSR count). The van der Waals surface area contributed by atoms with Gasteiger partial charge in [0.1, 0.15) is 5.69 Å². The molecule has 0 aliphatic heterocycles. The van der Waals surface area contributed by atoms with Crippen LogP contribution in [0.4, 0.5) is 10.5 Å². The van der Waals surface area contributed by atoms with E-state index in [1.165, 1.54) is 18.3 Å². The van der Waals surface area contributed by atoms with Crippen molar-refractivity contribution in [3.8, 4) is 0 Å². The van der Waals surface area contributed by atoms with Crippen LogP contribution >= 0.6 is 0 Å². The van der Waals surface area contributed by atoms with Crippen molar-refractivity contribution in [2.45, 2.75) is 25.8 Å². The summed E-state index contributed by atoms with van der Waals surface area (Å²) in [6, 6.07) is 2.83. The van der Waals surface area contributed by atoms with E-state index < -0.39 is 5.97 Å². The molecule has 1 aromatic heterocycles. The van der Waals surface area contributed by atoms with Crippen molar-refractivity contribution in [3.63, 3.8) is 0 Å². The number of carbonyl (C=O) groups is 2. The van der Waals surface area contributed by atoms with Crippen molar-refractivity contribution in [3.05, 3.63) is 24.0 Å². The molecule has 0 aromatic carbocycles. The first-order valence-electron chi connectivity index (χ1n) is 5.81. The SMILES string of the molecule is CC1CC(NC(=O)Nc2ccc(C(=O)O)nc2)C1. The molecule has 0 bridgehead atoms. The lowest BCUT2D eigenvalue weighted by Gasteiger charge is -2.33. The quantitative estimate of drug-likeness (QED) is 0.760. The first-order chi connectivity index (χ1) is 8.54. The molecular weight excluding hydrogens is 234 g/mol. The summed E-state index contributed by atoms with van der Waals surface area (Å²) in [5.41, 5.74) is 0.429. The zero-order chi connectivity index (χ0) is 13.1. The molecule has 1 aliphatic rings. The smallest absolute Gasteiger partial charge is 0.354 e. The number of rotatable bonds is 3. The number of pyridine rings is 1. The number of nitrogens with zero attached hydrogens (tertiary/aromatic N) is 1. The van der Waals surface area contributed by atoms with Crippen LogP contribution in [-0.2, 0) is 0 Å². The summed E-state index contributed by atoms with van der Waals surface area (Å²) in [4.78, 5) is 25.9. The molecule has 0 saturated heterocycles. The van der Waals surface area contributed by atoms with E-state index in [0.29, 0.717) is 11.6 Å². The van der Waals surface area contributed by atoms with Gasteiger partial charge < -0.3 is 15.7 Å². The fraction of sp³-hybridized carbons (Fsp3) is 0.417. The van der Waals surface area contributed by atoms with Crippen LogP contribution in [0.3, 0.4) is 0 Å². The minimum Gasteiger partial charge on any atom is -0.477 e. The van der Waals surface area contributed by atoms with Crippen LogP contribution in [0, 0.1) is 5.92 Å². The van der Waals surface area contributed by atoms with E-state index in [9.17, 15) is 9.59 Å². The van der Waals surface area contributed by atoms with Gasteiger partial charge in [0.2, 0.25) is 0 Å². The number of hydrogen-bond acceptors (Lipinski definition) is 3. The summed E-state index contributed by atoms with van der Waals surface area (Å²) in [6.45, 7) is 2.14. The van der Waals surface area contributed by atoms with Crippen LogP contribution in [-0.4, -0.2) is 28.1 Å². The zero-order valence-electron chi connectivity index (χ0n) is 10.0. The summed E-state index contributed by atoms with van der Waals surface area (Å²) in [5, 5.41) is 14.1. The number of carboxylic acids is 1. The van der Waals surface area contributed by atoms with Gasteiger partial charge >= 0.3 is 12.0 Å². The van der Waals surface area contributed by atoms with Crippen LogP contribution in [0.5, 0.6) is 0 Å². The summed E-state index contributed by atoms with van der Waals surface area (Å²) in [6.07, 6.45) is 3.33. The number of amides is 2. The van der Waals surface area contributed by atoms with Gasteiger partial charge in [0.05, 0.1) is 11.9 Å². The van der Waals surface area contributed by atoms with Crippen molar-refractivity contribution in [2.24, 2.45) is 5.92 Å². The van der Waals surface area contributed by atoms with Crippen LogP contribution in [0.25, 0.3) is 0 Å². The Morgan fingerprint density at radius 2 is 2.11 bits per heavy atom. The van der Waals surface area contributed by atoms with Crippen LogP contribution < -0.4 is 10.6 Å². The molecule has 2 amide bonds. The molecule has 1 aromatic rings. The predicted octanol–water partition coefficient (Wildman–Crippen LogP) is 1.70. The van der Waals surface area contributed by atoms with E-state index in [1.807, 2.05) is 0 Å². The Labute approximate surface area is 104 Å². The Morgan fingerprint density at radius 1 is 1.39 bits per heavy atom. The van der Waals surface area contributed by atoms with E-state index in [-0.39, 0.29) is 17.8 Å². The lowest BCUT2D eigenvalue weighted by Crippen LogP contribution is -2.45. The number of aromatic nitrogens is 1. The molecule has 0 radical (unpaired) electrons. The maximum Gasteiger partial charge on any atom is 0.354 e. The normalized spacial score (nSPS) is 21.8. The molecular formula is C12H15N3O3.